The lowest BCUT2D eigenvalue weighted by Crippen LogP contribution is -3.27. The lowest BCUT2D eigenvalue weighted by molar-refractivity contribution is -1.02. The van der Waals surface area contributed by atoms with Crippen LogP contribution in [-0.2, 0) is 6.54 Å². The van der Waals surface area contributed by atoms with Crippen LogP contribution in [0.5, 0.6) is 0 Å². The van der Waals surface area contributed by atoms with Crippen molar-refractivity contribution in [2.75, 3.05) is 32.7 Å². The number of nitrogens with zero attached hydrogens (tertiary/aromatic N) is 1. The van der Waals surface area contributed by atoms with Crippen molar-refractivity contribution in [3.63, 3.8) is 0 Å². The van der Waals surface area contributed by atoms with Crippen LogP contribution in [0.1, 0.15) is 11.5 Å². The van der Waals surface area contributed by atoms with Gasteiger partial charge in [-0.25, -0.2) is 4.98 Å². The molecule has 1 aliphatic rings. The van der Waals surface area contributed by atoms with Crippen LogP contribution in [0.2, 0.25) is 0 Å². The third-order valence-electron chi connectivity index (χ3n) is 4.92. The molecule has 128 valence electrons. The topological polar surface area (TPSA) is 34.9 Å². The zero-order valence-corrected chi connectivity index (χ0v) is 14.4. The monoisotopic (exact) mass is 335 g/mol. The summed E-state index contributed by atoms with van der Waals surface area (Å²) in [6, 6.07) is 18.5. The summed E-state index contributed by atoms with van der Waals surface area (Å²) in [7, 11) is 0. The molecule has 2 aromatic carbocycles. The minimum Gasteiger partial charge on any atom is -0.435 e. The first-order valence-corrected chi connectivity index (χ1v) is 9.10. The van der Waals surface area contributed by atoms with Gasteiger partial charge in [-0.05, 0) is 23.8 Å². The Morgan fingerprint density at radius 2 is 1.60 bits per heavy atom. The van der Waals surface area contributed by atoms with E-state index in [1.807, 2.05) is 24.3 Å². The number of piperazine rings is 1. The van der Waals surface area contributed by atoms with Gasteiger partial charge in [0.05, 0.1) is 6.54 Å². The fourth-order valence-electron chi connectivity index (χ4n) is 3.47. The molecule has 1 aliphatic heterocycles. The van der Waals surface area contributed by atoms with Crippen LogP contribution >= 0.6 is 0 Å². The molecule has 0 aliphatic carbocycles. The highest BCUT2D eigenvalue weighted by molar-refractivity contribution is 5.72. The molecule has 0 bridgehead atoms. The van der Waals surface area contributed by atoms with E-state index in [0.29, 0.717) is 0 Å². The van der Waals surface area contributed by atoms with E-state index in [0.717, 1.165) is 30.1 Å². The highest BCUT2D eigenvalue weighted by Gasteiger charge is 2.23. The van der Waals surface area contributed by atoms with Crippen LogP contribution < -0.4 is 9.80 Å². The van der Waals surface area contributed by atoms with Crippen molar-refractivity contribution in [1.82, 2.24) is 4.98 Å². The Labute approximate surface area is 148 Å². The first kappa shape index (κ1) is 16.1. The van der Waals surface area contributed by atoms with Gasteiger partial charge in [-0.3, -0.25) is 0 Å². The number of quaternary nitrogens is 2. The van der Waals surface area contributed by atoms with Crippen molar-refractivity contribution in [2.45, 2.75) is 6.54 Å². The average Bonchev–Trinajstić information content (AvgIpc) is 3.06. The van der Waals surface area contributed by atoms with E-state index in [4.69, 9.17) is 4.42 Å². The SMILES string of the molecule is C(=C\c1ccccc1)/C[NH+]1CC[NH+](Cc2nc3ccccc3o2)CC1. The minimum absolute atomic E-state index is 0.864. The number of hydrogen-bond acceptors (Lipinski definition) is 2. The summed E-state index contributed by atoms with van der Waals surface area (Å²) in [6.07, 6.45) is 4.53. The Balaban J connectivity index is 1.26. The maximum absolute atomic E-state index is 5.86. The number of rotatable bonds is 5. The predicted molar refractivity (Wildman–Crippen MR) is 99.4 cm³/mol. The number of para-hydroxylation sites is 2. The van der Waals surface area contributed by atoms with E-state index >= 15 is 0 Å². The van der Waals surface area contributed by atoms with Crippen LogP contribution in [0.4, 0.5) is 0 Å². The van der Waals surface area contributed by atoms with Crippen LogP contribution in [0.3, 0.4) is 0 Å². The number of fused-ring (bicyclic) bond motifs is 1. The van der Waals surface area contributed by atoms with Crippen molar-refractivity contribution in [3.05, 3.63) is 72.1 Å². The van der Waals surface area contributed by atoms with E-state index in [-0.39, 0.29) is 0 Å². The summed E-state index contributed by atoms with van der Waals surface area (Å²) in [6.45, 7) is 6.75. The Morgan fingerprint density at radius 1 is 0.880 bits per heavy atom. The zero-order valence-electron chi connectivity index (χ0n) is 14.4. The van der Waals surface area contributed by atoms with Gasteiger partial charge in [-0.1, -0.05) is 48.5 Å². The number of nitrogens with one attached hydrogen (secondary N) is 2. The summed E-state index contributed by atoms with van der Waals surface area (Å²) in [4.78, 5) is 7.84. The molecule has 0 radical (unpaired) electrons. The summed E-state index contributed by atoms with van der Waals surface area (Å²) in [5, 5.41) is 0. The van der Waals surface area contributed by atoms with Gasteiger partial charge >= 0.3 is 0 Å². The maximum atomic E-state index is 5.86. The second-order valence-corrected chi connectivity index (χ2v) is 6.77. The summed E-state index contributed by atoms with van der Waals surface area (Å²) < 4.78 is 5.86. The van der Waals surface area contributed by atoms with E-state index in [2.05, 4.69) is 47.5 Å². The summed E-state index contributed by atoms with van der Waals surface area (Å²) in [5.74, 6) is 0.864. The van der Waals surface area contributed by atoms with Gasteiger partial charge in [0.15, 0.2) is 12.1 Å². The average molecular weight is 335 g/mol. The van der Waals surface area contributed by atoms with Gasteiger partial charge in [0.25, 0.3) is 5.89 Å². The van der Waals surface area contributed by atoms with Crippen LogP contribution in [0, 0.1) is 0 Å². The van der Waals surface area contributed by atoms with E-state index in [1.54, 1.807) is 9.80 Å². The number of aromatic nitrogens is 1. The number of benzene rings is 2. The number of hydrogen-bond donors (Lipinski definition) is 2. The van der Waals surface area contributed by atoms with Gasteiger partial charge in [0.2, 0.25) is 0 Å². The zero-order chi connectivity index (χ0) is 16.9. The highest BCUT2D eigenvalue weighted by atomic mass is 16.3. The molecule has 0 amide bonds. The van der Waals surface area contributed by atoms with Gasteiger partial charge < -0.3 is 14.2 Å². The summed E-state index contributed by atoms with van der Waals surface area (Å²) in [5.41, 5.74) is 3.14. The van der Waals surface area contributed by atoms with Gasteiger partial charge in [0.1, 0.15) is 31.7 Å². The van der Waals surface area contributed by atoms with E-state index < -0.39 is 0 Å². The van der Waals surface area contributed by atoms with Crippen LogP contribution in [0.25, 0.3) is 17.2 Å². The fraction of sp³-hybridized carbons (Fsp3) is 0.286. The lowest BCUT2D eigenvalue weighted by atomic mass is 10.2. The molecule has 2 heterocycles. The Morgan fingerprint density at radius 3 is 2.40 bits per heavy atom. The normalized spacial score (nSPS) is 21.1. The highest BCUT2D eigenvalue weighted by Crippen LogP contribution is 2.13. The Kier molecular flexibility index (Phi) is 4.91. The van der Waals surface area contributed by atoms with Crippen LogP contribution in [0.15, 0.2) is 65.1 Å². The molecule has 4 heteroatoms. The molecular weight excluding hydrogens is 310 g/mol. The van der Waals surface area contributed by atoms with Crippen molar-refractivity contribution < 1.29 is 14.2 Å². The molecule has 25 heavy (non-hydrogen) atoms. The van der Waals surface area contributed by atoms with Crippen molar-refractivity contribution in [3.8, 4) is 0 Å². The molecule has 0 saturated carbocycles. The quantitative estimate of drug-likeness (QED) is 0.724. The van der Waals surface area contributed by atoms with Crippen LogP contribution in [-0.4, -0.2) is 37.7 Å². The Hall–Kier alpha value is -2.43. The molecule has 0 unspecified atom stereocenters. The molecular formula is C21H25N3O+2. The Bertz CT molecular complexity index is 799. The molecule has 2 N–H and O–H groups in total. The lowest BCUT2D eigenvalue weighted by Gasteiger charge is -2.28. The molecule has 4 nitrogen and oxygen atoms in total. The third kappa shape index (κ3) is 4.16. The maximum Gasteiger partial charge on any atom is 0.251 e. The molecule has 1 aromatic heterocycles. The van der Waals surface area contributed by atoms with Crippen molar-refractivity contribution in [2.24, 2.45) is 0 Å². The second-order valence-electron chi connectivity index (χ2n) is 6.77. The minimum atomic E-state index is 0.864. The molecule has 3 aromatic rings. The predicted octanol–water partition coefficient (Wildman–Crippen LogP) is 0.825. The van der Waals surface area contributed by atoms with Gasteiger partial charge in [0, 0.05) is 0 Å². The van der Waals surface area contributed by atoms with Gasteiger partial charge in [-0.15, -0.1) is 0 Å². The van der Waals surface area contributed by atoms with E-state index in [1.165, 1.54) is 31.7 Å². The number of oxazole rings is 1. The standard InChI is InChI=1S/C21H23N3O/c1-2-7-18(8-3-1)9-6-12-23-13-15-24(16-14-23)17-21-22-19-10-4-5-11-20(19)25-21/h1-11H,12-17H2/p+2/b9-6+. The largest absolute Gasteiger partial charge is 0.435 e. The summed E-state index contributed by atoms with van der Waals surface area (Å²) >= 11 is 0. The molecule has 1 saturated heterocycles. The molecule has 1 fully saturated rings. The third-order valence-corrected chi connectivity index (χ3v) is 4.92. The van der Waals surface area contributed by atoms with Crippen molar-refractivity contribution >= 4 is 17.2 Å². The van der Waals surface area contributed by atoms with E-state index in [9.17, 15) is 0 Å². The molecule has 0 spiro atoms. The van der Waals surface area contributed by atoms with Gasteiger partial charge in [-0.2, -0.15) is 0 Å². The second kappa shape index (κ2) is 7.64. The fourth-order valence-corrected chi connectivity index (χ4v) is 3.47. The van der Waals surface area contributed by atoms with Crippen molar-refractivity contribution in [1.29, 1.82) is 0 Å². The smallest absolute Gasteiger partial charge is 0.251 e. The molecule has 4 rings (SSSR count). The molecule has 0 atom stereocenters. The first-order chi connectivity index (χ1) is 12.4. The first-order valence-electron chi connectivity index (χ1n) is 9.10.